The second-order valence-electron chi connectivity index (χ2n) is 8.78. The van der Waals surface area contributed by atoms with Crippen LogP contribution in [0.1, 0.15) is 31.0 Å². The molecule has 0 unspecified atom stereocenters. The van der Waals surface area contributed by atoms with E-state index < -0.39 is 12.0 Å². The molecule has 0 saturated heterocycles. The van der Waals surface area contributed by atoms with Crippen molar-refractivity contribution in [1.82, 2.24) is 4.57 Å². The van der Waals surface area contributed by atoms with Crippen LogP contribution in [0, 0.1) is 12.3 Å². The molecule has 1 atom stereocenters. The minimum absolute atomic E-state index is 0.00329. The quantitative estimate of drug-likeness (QED) is 0.241. The first-order chi connectivity index (χ1) is 20.2. The lowest BCUT2D eigenvalue weighted by Crippen LogP contribution is -2.40. The molecule has 10 nitrogen and oxygen atoms in total. The van der Waals surface area contributed by atoms with E-state index >= 15 is 0 Å². The Labute approximate surface area is 254 Å². The van der Waals surface area contributed by atoms with Gasteiger partial charge in [-0.15, -0.1) is 6.42 Å². The number of esters is 1. The van der Waals surface area contributed by atoms with Crippen LogP contribution < -0.4 is 38.6 Å². The zero-order valence-electron chi connectivity index (χ0n) is 23.9. The second kappa shape index (κ2) is 13.2. The molecule has 1 aliphatic rings. The topological polar surface area (TPSA) is 107 Å². The third-order valence-corrected chi connectivity index (χ3v) is 7.82. The maximum atomic E-state index is 14.1. The van der Waals surface area contributed by atoms with Gasteiger partial charge in [-0.05, 0) is 49.8 Å². The predicted octanol–water partition coefficient (Wildman–Crippen LogP) is 3.61. The molecular weight excluding hydrogens is 628 g/mol. The van der Waals surface area contributed by atoms with E-state index in [1.54, 1.807) is 44.2 Å². The molecule has 0 N–H and O–H groups in total. The fraction of sp³-hybridized carbons (Fsp3) is 0.300. The van der Waals surface area contributed by atoms with Gasteiger partial charge in [0.15, 0.2) is 27.8 Å². The number of nitrogens with zero attached hydrogens (tertiary/aromatic N) is 2. The van der Waals surface area contributed by atoms with E-state index in [9.17, 15) is 9.59 Å². The molecule has 4 rings (SSSR count). The highest BCUT2D eigenvalue weighted by atomic mass is 79.9. The third-order valence-electron chi connectivity index (χ3n) is 6.37. The minimum atomic E-state index is -0.898. The standard InChI is InChI=1S/C30H29BrN2O8S/c1-8-10-41-26-18(11-19(31)15-22(26)38-6)14-23-28(34)33-25(17-12-20(36-4)27(39-7)21(13-17)37-5)24(29(35)40-9-2)16(3)32-30(33)42-23/h1,11-15,25H,9-10H2,2-7H3/b23-14-/t25-/m1/s1. The number of hydrogen-bond acceptors (Lipinski definition) is 10. The van der Waals surface area contributed by atoms with Crippen LogP contribution in [-0.4, -0.2) is 52.2 Å². The van der Waals surface area contributed by atoms with Crippen molar-refractivity contribution >= 4 is 39.3 Å². The largest absolute Gasteiger partial charge is 0.493 e. The molecule has 3 aromatic rings. The zero-order valence-corrected chi connectivity index (χ0v) is 26.3. The van der Waals surface area contributed by atoms with E-state index in [4.69, 9.17) is 34.8 Å². The average molecular weight is 658 g/mol. The molecule has 0 bridgehead atoms. The summed E-state index contributed by atoms with van der Waals surface area (Å²) in [7, 11) is 5.99. The molecule has 42 heavy (non-hydrogen) atoms. The number of halogens is 1. The summed E-state index contributed by atoms with van der Waals surface area (Å²) in [5.41, 5.74) is 1.35. The number of hydrogen-bond donors (Lipinski definition) is 0. The maximum absolute atomic E-state index is 14.1. The lowest BCUT2D eigenvalue weighted by atomic mass is 9.95. The van der Waals surface area contributed by atoms with E-state index in [0.717, 1.165) is 0 Å². The van der Waals surface area contributed by atoms with E-state index in [1.807, 2.05) is 0 Å². The molecule has 0 fully saturated rings. The predicted molar refractivity (Wildman–Crippen MR) is 162 cm³/mol. The Kier molecular flexibility index (Phi) is 9.65. The van der Waals surface area contributed by atoms with Gasteiger partial charge in [-0.2, -0.15) is 0 Å². The van der Waals surface area contributed by atoms with Gasteiger partial charge in [0.25, 0.3) is 5.56 Å². The number of terminal acetylenes is 1. The number of carbonyl (C=O) groups is 1. The fourth-order valence-corrected chi connectivity index (χ4v) is 6.12. The van der Waals surface area contributed by atoms with E-state index in [0.29, 0.717) is 59.4 Å². The molecule has 0 radical (unpaired) electrons. The molecule has 1 aromatic heterocycles. The molecule has 220 valence electrons. The number of thiazole rings is 1. The Morgan fingerprint density at radius 3 is 2.29 bits per heavy atom. The van der Waals surface area contributed by atoms with Crippen LogP contribution in [-0.2, 0) is 9.53 Å². The summed E-state index contributed by atoms with van der Waals surface area (Å²) >= 11 is 4.65. The number of benzene rings is 2. The van der Waals surface area contributed by atoms with Crippen molar-refractivity contribution in [2.75, 3.05) is 41.7 Å². The molecule has 0 spiro atoms. The molecule has 0 aliphatic carbocycles. The van der Waals surface area contributed by atoms with Crippen LogP contribution in [0.5, 0.6) is 28.7 Å². The summed E-state index contributed by atoms with van der Waals surface area (Å²) in [5, 5.41) is 0. The van der Waals surface area contributed by atoms with Gasteiger partial charge in [-0.25, -0.2) is 9.79 Å². The van der Waals surface area contributed by atoms with Crippen LogP contribution in [0.25, 0.3) is 6.08 Å². The van der Waals surface area contributed by atoms with Gasteiger partial charge >= 0.3 is 5.97 Å². The molecule has 0 saturated carbocycles. The first-order valence-corrected chi connectivity index (χ1v) is 14.3. The van der Waals surface area contributed by atoms with Crippen molar-refractivity contribution in [2.24, 2.45) is 4.99 Å². The molecule has 12 heteroatoms. The van der Waals surface area contributed by atoms with E-state index in [2.05, 4.69) is 26.8 Å². The molecule has 2 heterocycles. The molecular formula is C30H29BrN2O8S. The van der Waals surface area contributed by atoms with Crippen molar-refractivity contribution in [3.8, 4) is 41.1 Å². The van der Waals surface area contributed by atoms with Gasteiger partial charge in [-0.1, -0.05) is 33.2 Å². The summed E-state index contributed by atoms with van der Waals surface area (Å²) in [6, 6.07) is 6.03. The van der Waals surface area contributed by atoms with Crippen LogP contribution in [0.15, 0.2) is 49.8 Å². The Morgan fingerprint density at radius 2 is 1.71 bits per heavy atom. The van der Waals surface area contributed by atoms with Crippen LogP contribution in [0.4, 0.5) is 0 Å². The molecule has 0 amide bonds. The summed E-state index contributed by atoms with van der Waals surface area (Å²) < 4.78 is 35.8. The van der Waals surface area contributed by atoms with Gasteiger partial charge in [0.2, 0.25) is 5.75 Å². The average Bonchev–Trinajstić information content (AvgIpc) is 3.28. The van der Waals surface area contributed by atoms with Gasteiger partial charge < -0.3 is 28.4 Å². The molecule has 2 aromatic carbocycles. The van der Waals surface area contributed by atoms with Gasteiger partial charge in [-0.3, -0.25) is 9.36 Å². The zero-order chi connectivity index (χ0) is 30.6. The lowest BCUT2D eigenvalue weighted by molar-refractivity contribution is -0.139. The SMILES string of the molecule is C#CCOc1c(/C=c2\sc3n(c2=O)[C@H](c2cc(OC)c(OC)c(OC)c2)C(C(=O)OCC)=C(C)N=3)cc(Br)cc1OC. The highest BCUT2D eigenvalue weighted by molar-refractivity contribution is 9.10. The third kappa shape index (κ3) is 5.75. The minimum Gasteiger partial charge on any atom is -0.493 e. The maximum Gasteiger partial charge on any atom is 0.338 e. The Bertz CT molecular complexity index is 1760. The normalized spacial score (nSPS) is 14.4. The van der Waals surface area contributed by atoms with Crippen molar-refractivity contribution in [3.05, 3.63) is 70.8 Å². The fourth-order valence-electron chi connectivity index (χ4n) is 4.62. The smallest absolute Gasteiger partial charge is 0.338 e. The Hall–Kier alpha value is -4.21. The first-order valence-electron chi connectivity index (χ1n) is 12.7. The van der Waals surface area contributed by atoms with Crippen molar-refractivity contribution in [3.63, 3.8) is 0 Å². The van der Waals surface area contributed by atoms with E-state index in [-0.39, 0.29) is 24.3 Å². The number of carbonyl (C=O) groups excluding carboxylic acids is 1. The summed E-state index contributed by atoms with van der Waals surface area (Å²) in [4.78, 5) is 32.5. The highest BCUT2D eigenvalue weighted by Crippen LogP contribution is 2.42. The monoisotopic (exact) mass is 656 g/mol. The Morgan fingerprint density at radius 1 is 1.07 bits per heavy atom. The van der Waals surface area contributed by atoms with Gasteiger partial charge in [0.05, 0.1) is 56.9 Å². The summed E-state index contributed by atoms with van der Waals surface area (Å²) in [6.07, 6.45) is 7.10. The second-order valence-corrected chi connectivity index (χ2v) is 10.7. The number of aromatic nitrogens is 1. The van der Waals surface area contributed by atoms with Crippen molar-refractivity contribution in [2.45, 2.75) is 19.9 Å². The number of allylic oxidation sites excluding steroid dienone is 1. The summed E-state index contributed by atoms with van der Waals surface area (Å²) in [6.45, 7) is 3.57. The number of fused-ring (bicyclic) bond motifs is 1. The number of rotatable bonds is 10. The van der Waals surface area contributed by atoms with Crippen LogP contribution >= 0.6 is 27.3 Å². The number of ether oxygens (including phenoxy) is 6. The molecule has 1 aliphatic heterocycles. The number of methoxy groups -OCH3 is 4. The van der Waals surface area contributed by atoms with Gasteiger partial charge in [0.1, 0.15) is 6.61 Å². The van der Waals surface area contributed by atoms with Crippen LogP contribution in [0.3, 0.4) is 0 Å². The first kappa shape index (κ1) is 30.7. The summed E-state index contributed by atoms with van der Waals surface area (Å²) in [5.74, 6) is 3.78. The van der Waals surface area contributed by atoms with Crippen molar-refractivity contribution < 1.29 is 33.2 Å². The van der Waals surface area contributed by atoms with Crippen LogP contribution in [0.2, 0.25) is 0 Å². The lowest BCUT2D eigenvalue weighted by Gasteiger charge is -2.26. The van der Waals surface area contributed by atoms with Crippen molar-refractivity contribution in [1.29, 1.82) is 0 Å². The Balaban J connectivity index is 2.03. The van der Waals surface area contributed by atoms with E-state index in [1.165, 1.54) is 44.3 Å². The van der Waals surface area contributed by atoms with Gasteiger partial charge in [0, 0.05) is 10.0 Å². The highest BCUT2D eigenvalue weighted by Gasteiger charge is 2.34.